The van der Waals surface area contributed by atoms with Crippen LogP contribution in [0, 0.1) is 0 Å². The summed E-state index contributed by atoms with van der Waals surface area (Å²) in [7, 11) is 0. The van der Waals surface area contributed by atoms with Gasteiger partial charge in [0.15, 0.2) is 0 Å². The van der Waals surface area contributed by atoms with E-state index in [0.29, 0.717) is 18.1 Å². The van der Waals surface area contributed by atoms with Gasteiger partial charge in [-0.15, -0.1) is 0 Å². The van der Waals surface area contributed by atoms with Crippen LogP contribution >= 0.6 is 0 Å². The predicted octanol–water partition coefficient (Wildman–Crippen LogP) is 3.80. The zero-order valence-corrected chi connectivity index (χ0v) is 11.7. The molecule has 1 unspecified atom stereocenters. The number of ether oxygens (including phenoxy) is 1. The number of benzene rings is 1. The maximum atomic E-state index is 11.4. The zero-order valence-electron chi connectivity index (χ0n) is 11.7. The second-order valence-electron chi connectivity index (χ2n) is 5.73. The highest BCUT2D eigenvalue weighted by Gasteiger charge is 2.28. The molecule has 0 radical (unpaired) electrons. The molecule has 1 atom stereocenters. The summed E-state index contributed by atoms with van der Waals surface area (Å²) in [6.07, 6.45) is 7.18. The summed E-state index contributed by atoms with van der Waals surface area (Å²) < 4.78 is 5.68. The monoisotopic (exact) mass is 258 g/mol. The number of hydrogen-bond acceptors (Lipinski definition) is 2. The number of aryl methyl sites for hydroxylation is 1. The molecule has 2 heteroatoms. The lowest BCUT2D eigenvalue weighted by atomic mass is 9.90. The van der Waals surface area contributed by atoms with E-state index >= 15 is 0 Å². The average Bonchev–Trinajstić information content (AvgIpc) is 3.03. The van der Waals surface area contributed by atoms with Crippen LogP contribution in [-0.4, -0.2) is 12.4 Å². The Bertz CT molecular complexity index is 490. The third-order valence-electron chi connectivity index (χ3n) is 4.59. The average molecular weight is 258 g/mol. The van der Waals surface area contributed by atoms with Gasteiger partial charge in [0.2, 0.25) is 0 Å². The fourth-order valence-corrected chi connectivity index (χ4v) is 3.56. The van der Waals surface area contributed by atoms with Crippen molar-refractivity contribution in [3.05, 3.63) is 28.8 Å². The number of fused-ring (bicyclic) bond motifs is 3. The van der Waals surface area contributed by atoms with E-state index in [4.69, 9.17) is 4.74 Å². The van der Waals surface area contributed by atoms with Crippen molar-refractivity contribution < 1.29 is 9.53 Å². The minimum atomic E-state index is 0.403. The van der Waals surface area contributed by atoms with Gasteiger partial charge in [-0.2, -0.15) is 0 Å². The van der Waals surface area contributed by atoms with Gasteiger partial charge in [0, 0.05) is 24.8 Å². The smallest absolute Gasteiger partial charge is 0.132 e. The first-order chi connectivity index (χ1) is 9.29. The van der Waals surface area contributed by atoms with Crippen LogP contribution in [0.1, 0.15) is 61.6 Å². The first kappa shape index (κ1) is 12.7. The molecule has 2 aliphatic rings. The van der Waals surface area contributed by atoms with Gasteiger partial charge in [0.05, 0.1) is 6.61 Å². The Morgan fingerprint density at radius 3 is 3.11 bits per heavy atom. The van der Waals surface area contributed by atoms with E-state index in [1.807, 2.05) is 6.92 Å². The molecule has 2 nitrogen and oxygen atoms in total. The standard InChI is InChI=1S/C17H22O2/c1-2-14(18)5-3-4-12-6-7-13-8-9-16-15(17(12)13)10-11-19-16/h8-9,12H,2-7,10-11H2,1H3. The predicted molar refractivity (Wildman–Crippen MR) is 75.9 cm³/mol. The Kier molecular flexibility index (Phi) is 3.58. The molecule has 1 aromatic carbocycles. The van der Waals surface area contributed by atoms with Crippen LogP contribution in [0.15, 0.2) is 12.1 Å². The van der Waals surface area contributed by atoms with Crippen molar-refractivity contribution in [2.24, 2.45) is 0 Å². The minimum absolute atomic E-state index is 0.403. The van der Waals surface area contributed by atoms with E-state index in [1.54, 1.807) is 5.56 Å². The molecule has 102 valence electrons. The first-order valence-corrected chi connectivity index (χ1v) is 7.58. The van der Waals surface area contributed by atoms with E-state index in [-0.39, 0.29) is 0 Å². The van der Waals surface area contributed by atoms with E-state index < -0.39 is 0 Å². The van der Waals surface area contributed by atoms with Gasteiger partial charge >= 0.3 is 0 Å². The number of hydrogen-bond donors (Lipinski definition) is 0. The lowest BCUT2D eigenvalue weighted by Gasteiger charge is -2.14. The first-order valence-electron chi connectivity index (χ1n) is 7.58. The Morgan fingerprint density at radius 2 is 2.26 bits per heavy atom. The van der Waals surface area contributed by atoms with E-state index in [1.165, 1.54) is 24.0 Å². The molecule has 1 aliphatic heterocycles. The minimum Gasteiger partial charge on any atom is -0.493 e. The summed E-state index contributed by atoms with van der Waals surface area (Å²) in [5, 5.41) is 0. The molecular weight excluding hydrogens is 236 g/mol. The molecule has 0 saturated heterocycles. The van der Waals surface area contributed by atoms with E-state index in [9.17, 15) is 4.79 Å². The SMILES string of the molecule is CCC(=O)CCCC1CCc2ccc3c(c21)CCO3. The highest BCUT2D eigenvalue weighted by molar-refractivity contribution is 5.77. The molecule has 0 N–H and O–H groups in total. The number of carbonyl (C=O) groups excluding carboxylic acids is 1. The number of rotatable bonds is 5. The van der Waals surface area contributed by atoms with Gasteiger partial charge < -0.3 is 4.74 Å². The normalized spacial score (nSPS) is 19.9. The second-order valence-corrected chi connectivity index (χ2v) is 5.73. The van der Waals surface area contributed by atoms with Gasteiger partial charge in [-0.3, -0.25) is 4.79 Å². The molecule has 0 bridgehead atoms. The van der Waals surface area contributed by atoms with Crippen LogP contribution in [0.25, 0.3) is 0 Å². The highest BCUT2D eigenvalue weighted by atomic mass is 16.5. The molecule has 19 heavy (non-hydrogen) atoms. The van der Waals surface area contributed by atoms with Gasteiger partial charge in [0.1, 0.15) is 11.5 Å². The van der Waals surface area contributed by atoms with Crippen LogP contribution in [0.4, 0.5) is 0 Å². The summed E-state index contributed by atoms with van der Waals surface area (Å²) in [6, 6.07) is 4.39. The maximum Gasteiger partial charge on any atom is 0.132 e. The Hall–Kier alpha value is -1.31. The third-order valence-corrected chi connectivity index (χ3v) is 4.59. The number of ketones is 1. The largest absolute Gasteiger partial charge is 0.493 e. The molecule has 0 spiro atoms. The highest BCUT2D eigenvalue weighted by Crippen LogP contribution is 2.43. The van der Waals surface area contributed by atoms with Gasteiger partial charge in [-0.25, -0.2) is 0 Å². The van der Waals surface area contributed by atoms with Crippen molar-refractivity contribution >= 4 is 5.78 Å². The molecule has 1 heterocycles. The molecule has 3 rings (SSSR count). The van der Waals surface area contributed by atoms with Crippen molar-refractivity contribution in [2.75, 3.05) is 6.61 Å². The summed E-state index contributed by atoms with van der Waals surface area (Å²) in [4.78, 5) is 11.4. The van der Waals surface area contributed by atoms with Gasteiger partial charge in [-0.05, 0) is 48.8 Å². The van der Waals surface area contributed by atoms with Crippen LogP contribution in [-0.2, 0) is 17.6 Å². The van der Waals surface area contributed by atoms with E-state index in [2.05, 4.69) is 12.1 Å². The molecule has 0 aromatic heterocycles. The topological polar surface area (TPSA) is 26.3 Å². The van der Waals surface area contributed by atoms with Crippen LogP contribution in [0.5, 0.6) is 5.75 Å². The lowest BCUT2D eigenvalue weighted by Crippen LogP contribution is -2.01. The van der Waals surface area contributed by atoms with Crippen LogP contribution < -0.4 is 4.74 Å². The number of carbonyl (C=O) groups is 1. The quantitative estimate of drug-likeness (QED) is 0.803. The third kappa shape index (κ3) is 2.41. The van der Waals surface area contributed by atoms with Crippen LogP contribution in [0.2, 0.25) is 0 Å². The molecule has 0 amide bonds. The van der Waals surface area contributed by atoms with E-state index in [0.717, 1.165) is 38.0 Å². The molecule has 0 saturated carbocycles. The lowest BCUT2D eigenvalue weighted by molar-refractivity contribution is -0.118. The van der Waals surface area contributed by atoms with Crippen molar-refractivity contribution in [3.8, 4) is 5.75 Å². The Balaban J connectivity index is 1.71. The van der Waals surface area contributed by atoms with Crippen molar-refractivity contribution in [2.45, 2.75) is 57.8 Å². The van der Waals surface area contributed by atoms with Crippen molar-refractivity contribution in [3.63, 3.8) is 0 Å². The summed E-state index contributed by atoms with van der Waals surface area (Å²) in [5.41, 5.74) is 4.55. The molecule has 1 aromatic rings. The second kappa shape index (κ2) is 5.36. The van der Waals surface area contributed by atoms with Gasteiger partial charge in [-0.1, -0.05) is 13.0 Å². The fraction of sp³-hybridized carbons (Fsp3) is 0.588. The summed E-state index contributed by atoms with van der Waals surface area (Å²) in [6.45, 7) is 2.80. The van der Waals surface area contributed by atoms with Gasteiger partial charge in [0.25, 0.3) is 0 Å². The molecule has 1 aliphatic carbocycles. The molecule has 0 fully saturated rings. The molecular formula is C17H22O2. The maximum absolute atomic E-state index is 11.4. The number of Topliss-reactive ketones (excluding diaryl/α,β-unsaturated/α-hetero) is 1. The summed E-state index contributed by atoms with van der Waals surface area (Å²) in [5.74, 6) is 2.17. The van der Waals surface area contributed by atoms with Crippen molar-refractivity contribution in [1.29, 1.82) is 0 Å². The summed E-state index contributed by atoms with van der Waals surface area (Å²) >= 11 is 0. The van der Waals surface area contributed by atoms with Crippen molar-refractivity contribution in [1.82, 2.24) is 0 Å². The van der Waals surface area contributed by atoms with Crippen LogP contribution in [0.3, 0.4) is 0 Å². The zero-order chi connectivity index (χ0) is 13.2. The Labute approximate surface area is 115 Å². The Morgan fingerprint density at radius 1 is 1.37 bits per heavy atom. The fourth-order valence-electron chi connectivity index (χ4n) is 3.56.